The molecule has 2 aliphatic rings. The second-order valence-corrected chi connectivity index (χ2v) is 8.17. The average molecular weight is 351 g/mol. The summed E-state index contributed by atoms with van der Waals surface area (Å²) in [6.07, 6.45) is 10.9. The normalized spacial score (nSPS) is 21.5. The summed E-state index contributed by atoms with van der Waals surface area (Å²) in [6, 6.07) is 4.64. The van der Waals surface area contributed by atoms with Gasteiger partial charge in [0.1, 0.15) is 6.17 Å². The standard InChI is InChI=1S/C24H34N2/c1-8-16(2)13-20(6)24-25(7)21-11-9-10-12-22(21)26(24)23-18(4)14-17(3)15-19(23)5/h10,12-16,24H,8-9,11H2,1-7H3/b20-13+. The first-order chi connectivity index (χ1) is 12.3. The van der Waals surface area contributed by atoms with Gasteiger partial charge in [-0.3, -0.25) is 0 Å². The molecule has 0 saturated heterocycles. The zero-order valence-corrected chi connectivity index (χ0v) is 17.6. The molecule has 2 atom stereocenters. The second kappa shape index (κ2) is 7.34. The molecule has 0 N–H and O–H groups in total. The molecule has 1 aromatic carbocycles. The first kappa shape index (κ1) is 18.8. The Morgan fingerprint density at radius 3 is 2.50 bits per heavy atom. The van der Waals surface area contributed by atoms with Crippen LogP contribution in [0.5, 0.6) is 0 Å². The molecule has 1 heterocycles. The van der Waals surface area contributed by atoms with Crippen LogP contribution < -0.4 is 4.90 Å². The lowest BCUT2D eigenvalue weighted by Crippen LogP contribution is -2.40. The quantitative estimate of drug-likeness (QED) is 0.593. The number of hydrogen-bond donors (Lipinski definition) is 0. The van der Waals surface area contributed by atoms with Gasteiger partial charge in [-0.25, -0.2) is 0 Å². The smallest absolute Gasteiger partial charge is 0.128 e. The summed E-state index contributed by atoms with van der Waals surface area (Å²) >= 11 is 0. The number of aryl methyl sites for hydroxylation is 3. The third-order valence-corrected chi connectivity index (χ3v) is 5.89. The van der Waals surface area contributed by atoms with Crippen LogP contribution in [0.2, 0.25) is 0 Å². The van der Waals surface area contributed by atoms with E-state index < -0.39 is 0 Å². The summed E-state index contributed by atoms with van der Waals surface area (Å²) < 4.78 is 0. The minimum atomic E-state index is 0.275. The van der Waals surface area contributed by atoms with Gasteiger partial charge in [0.15, 0.2) is 0 Å². The van der Waals surface area contributed by atoms with Crippen molar-refractivity contribution >= 4 is 5.69 Å². The molecular weight excluding hydrogens is 316 g/mol. The zero-order chi connectivity index (χ0) is 19.0. The maximum atomic E-state index is 2.59. The fourth-order valence-corrected chi connectivity index (χ4v) is 4.63. The van der Waals surface area contributed by atoms with Crippen molar-refractivity contribution in [2.45, 2.75) is 67.0 Å². The fraction of sp³-hybridized carbons (Fsp3) is 0.500. The summed E-state index contributed by atoms with van der Waals surface area (Å²) in [5.41, 5.74) is 9.76. The van der Waals surface area contributed by atoms with Crippen molar-refractivity contribution in [3.8, 4) is 0 Å². The number of allylic oxidation sites excluding steroid dienone is 4. The maximum absolute atomic E-state index is 2.59. The highest BCUT2D eigenvalue weighted by atomic mass is 15.4. The van der Waals surface area contributed by atoms with E-state index in [0.29, 0.717) is 5.92 Å². The van der Waals surface area contributed by atoms with E-state index in [2.05, 4.69) is 88.8 Å². The maximum Gasteiger partial charge on any atom is 0.128 e. The van der Waals surface area contributed by atoms with E-state index in [9.17, 15) is 0 Å². The number of rotatable bonds is 4. The Balaban J connectivity index is 2.16. The Morgan fingerprint density at radius 2 is 1.88 bits per heavy atom. The monoisotopic (exact) mass is 350 g/mol. The molecule has 2 unspecified atom stereocenters. The summed E-state index contributed by atoms with van der Waals surface area (Å²) in [7, 11) is 2.27. The first-order valence-electron chi connectivity index (χ1n) is 10.0. The Bertz CT molecular complexity index is 758. The zero-order valence-electron chi connectivity index (χ0n) is 17.6. The largest absolute Gasteiger partial charge is 0.352 e. The molecule has 2 heteroatoms. The van der Waals surface area contributed by atoms with Crippen molar-refractivity contribution in [3.63, 3.8) is 0 Å². The lowest BCUT2D eigenvalue weighted by atomic mass is 10.00. The number of likely N-dealkylation sites (N-methyl/N-ethyl adjacent to an activating group) is 1. The summed E-state index contributed by atoms with van der Waals surface area (Å²) in [5, 5.41) is 0. The summed E-state index contributed by atoms with van der Waals surface area (Å²) in [6.45, 7) is 13.6. The van der Waals surface area contributed by atoms with Crippen molar-refractivity contribution in [3.05, 3.63) is 64.0 Å². The predicted molar refractivity (Wildman–Crippen MR) is 113 cm³/mol. The van der Waals surface area contributed by atoms with Gasteiger partial charge >= 0.3 is 0 Å². The van der Waals surface area contributed by atoms with Crippen LogP contribution in [0.15, 0.2) is 47.3 Å². The van der Waals surface area contributed by atoms with E-state index in [1.807, 2.05) is 0 Å². The highest BCUT2D eigenvalue weighted by Crippen LogP contribution is 2.43. The molecule has 1 aromatic rings. The molecule has 2 nitrogen and oxygen atoms in total. The molecule has 0 bridgehead atoms. The molecule has 0 spiro atoms. The van der Waals surface area contributed by atoms with Gasteiger partial charge in [-0.2, -0.15) is 0 Å². The van der Waals surface area contributed by atoms with Crippen molar-refractivity contribution in [2.24, 2.45) is 5.92 Å². The van der Waals surface area contributed by atoms with Crippen molar-refractivity contribution in [1.29, 1.82) is 0 Å². The van der Waals surface area contributed by atoms with Gasteiger partial charge in [0.25, 0.3) is 0 Å². The van der Waals surface area contributed by atoms with Gasteiger partial charge in [-0.1, -0.05) is 50.1 Å². The van der Waals surface area contributed by atoms with Gasteiger partial charge in [-0.05, 0) is 69.2 Å². The van der Waals surface area contributed by atoms with E-state index in [0.717, 1.165) is 12.8 Å². The Morgan fingerprint density at radius 1 is 1.23 bits per heavy atom. The number of nitrogens with zero attached hydrogens (tertiary/aromatic N) is 2. The minimum absolute atomic E-state index is 0.275. The summed E-state index contributed by atoms with van der Waals surface area (Å²) in [5.74, 6) is 0.610. The van der Waals surface area contributed by atoms with Crippen LogP contribution in [0.3, 0.4) is 0 Å². The average Bonchev–Trinajstić information content (AvgIpc) is 2.87. The SMILES string of the molecule is CCC(C)/C=C(\C)C1N(C)C2=C(C=CCC2)N1c1c(C)cc(C)cc1C. The van der Waals surface area contributed by atoms with E-state index in [1.54, 1.807) is 0 Å². The van der Waals surface area contributed by atoms with E-state index in [1.165, 1.54) is 45.8 Å². The predicted octanol–water partition coefficient (Wildman–Crippen LogP) is 6.24. The van der Waals surface area contributed by atoms with Crippen LogP contribution in [-0.4, -0.2) is 18.1 Å². The molecule has 3 rings (SSSR count). The number of benzene rings is 1. The molecule has 0 saturated carbocycles. The molecule has 0 fully saturated rings. The Hall–Kier alpha value is -1.96. The topological polar surface area (TPSA) is 6.48 Å². The fourth-order valence-electron chi connectivity index (χ4n) is 4.63. The lowest BCUT2D eigenvalue weighted by Gasteiger charge is -2.35. The summed E-state index contributed by atoms with van der Waals surface area (Å²) in [4.78, 5) is 5.09. The van der Waals surface area contributed by atoms with Crippen LogP contribution in [0, 0.1) is 26.7 Å². The molecule has 1 aliphatic carbocycles. The van der Waals surface area contributed by atoms with Gasteiger partial charge in [-0.15, -0.1) is 0 Å². The highest BCUT2D eigenvalue weighted by molar-refractivity contribution is 5.69. The van der Waals surface area contributed by atoms with Crippen LogP contribution in [0.4, 0.5) is 5.69 Å². The van der Waals surface area contributed by atoms with Crippen LogP contribution in [0.25, 0.3) is 0 Å². The molecule has 0 radical (unpaired) electrons. The number of hydrogen-bond acceptors (Lipinski definition) is 2. The molecule has 140 valence electrons. The van der Waals surface area contributed by atoms with Crippen LogP contribution >= 0.6 is 0 Å². The highest BCUT2D eigenvalue weighted by Gasteiger charge is 2.38. The van der Waals surface area contributed by atoms with E-state index in [-0.39, 0.29) is 6.17 Å². The van der Waals surface area contributed by atoms with Gasteiger partial charge in [0, 0.05) is 18.4 Å². The van der Waals surface area contributed by atoms with Crippen LogP contribution in [-0.2, 0) is 0 Å². The lowest BCUT2D eigenvalue weighted by molar-refractivity contribution is 0.359. The number of anilines is 1. The molecule has 0 amide bonds. The molecule has 1 aliphatic heterocycles. The van der Waals surface area contributed by atoms with E-state index in [4.69, 9.17) is 0 Å². The van der Waals surface area contributed by atoms with Gasteiger partial charge < -0.3 is 9.80 Å². The van der Waals surface area contributed by atoms with Crippen molar-refractivity contribution in [2.75, 3.05) is 11.9 Å². The Labute approximate surface area is 159 Å². The second-order valence-electron chi connectivity index (χ2n) is 8.17. The van der Waals surface area contributed by atoms with Crippen LogP contribution in [0.1, 0.15) is 56.7 Å². The third kappa shape index (κ3) is 3.22. The van der Waals surface area contributed by atoms with E-state index >= 15 is 0 Å². The first-order valence-corrected chi connectivity index (χ1v) is 10.0. The molecular formula is C24H34N2. The van der Waals surface area contributed by atoms with Crippen molar-refractivity contribution < 1.29 is 0 Å². The van der Waals surface area contributed by atoms with Gasteiger partial charge in [0.05, 0.1) is 5.70 Å². The molecule has 26 heavy (non-hydrogen) atoms. The third-order valence-electron chi connectivity index (χ3n) is 5.89. The Kier molecular flexibility index (Phi) is 5.32. The van der Waals surface area contributed by atoms with Gasteiger partial charge in [0.2, 0.25) is 0 Å². The minimum Gasteiger partial charge on any atom is -0.352 e. The molecule has 0 aromatic heterocycles. The van der Waals surface area contributed by atoms with Crippen molar-refractivity contribution in [1.82, 2.24) is 4.90 Å².